The predicted molar refractivity (Wildman–Crippen MR) is 83.3 cm³/mol. The lowest BCUT2D eigenvalue weighted by atomic mass is 10.1. The topological polar surface area (TPSA) is 102 Å². The third-order valence-electron chi connectivity index (χ3n) is 3.56. The summed E-state index contributed by atoms with van der Waals surface area (Å²) in [5.74, 6) is -0.951. The number of rotatable bonds is 6. The van der Waals surface area contributed by atoms with Crippen LogP contribution in [0.25, 0.3) is 0 Å². The first kappa shape index (κ1) is 17.2. The molecule has 124 valence electrons. The lowest BCUT2D eigenvalue weighted by Crippen LogP contribution is -2.30. The monoisotopic (exact) mass is 341 g/mol. The molecule has 1 aliphatic rings. The van der Waals surface area contributed by atoms with E-state index in [4.69, 9.17) is 16.3 Å². The molecule has 0 bridgehead atoms. The summed E-state index contributed by atoms with van der Waals surface area (Å²) in [5, 5.41) is 13.4. The van der Waals surface area contributed by atoms with Gasteiger partial charge < -0.3 is 15.0 Å². The average molecular weight is 342 g/mol. The number of nitrogens with one attached hydrogen (secondary N) is 1. The van der Waals surface area contributed by atoms with Gasteiger partial charge in [0.15, 0.2) is 0 Å². The van der Waals surface area contributed by atoms with E-state index in [1.807, 2.05) is 0 Å². The highest BCUT2D eigenvalue weighted by molar-refractivity contribution is 6.32. The van der Waals surface area contributed by atoms with Crippen LogP contribution in [0.15, 0.2) is 18.2 Å². The summed E-state index contributed by atoms with van der Waals surface area (Å²) in [6, 6.07) is 4.02. The van der Waals surface area contributed by atoms with E-state index in [1.165, 1.54) is 25.3 Å². The molecule has 1 saturated heterocycles. The van der Waals surface area contributed by atoms with Gasteiger partial charge in [-0.15, -0.1) is 0 Å². The quantitative estimate of drug-likeness (QED) is 0.626. The summed E-state index contributed by atoms with van der Waals surface area (Å²) in [5.41, 5.74) is -0.0115. The van der Waals surface area contributed by atoms with Gasteiger partial charge in [-0.25, -0.2) is 0 Å². The zero-order valence-electron chi connectivity index (χ0n) is 12.5. The van der Waals surface area contributed by atoms with Crippen molar-refractivity contribution in [1.82, 2.24) is 4.90 Å². The minimum absolute atomic E-state index is 0.00483. The summed E-state index contributed by atoms with van der Waals surface area (Å²) in [6.45, 7) is 1.15. The van der Waals surface area contributed by atoms with Crippen LogP contribution in [0.1, 0.15) is 6.42 Å². The summed E-state index contributed by atoms with van der Waals surface area (Å²) < 4.78 is 4.92. The third kappa shape index (κ3) is 4.17. The van der Waals surface area contributed by atoms with Crippen molar-refractivity contribution < 1.29 is 19.2 Å². The molecule has 2 rings (SSSR count). The zero-order chi connectivity index (χ0) is 17.0. The van der Waals surface area contributed by atoms with E-state index in [-0.39, 0.29) is 34.6 Å². The number of hydrogen-bond acceptors (Lipinski definition) is 5. The molecule has 0 aliphatic carbocycles. The van der Waals surface area contributed by atoms with Gasteiger partial charge in [0.25, 0.3) is 5.69 Å². The minimum atomic E-state index is -0.621. The Hall–Kier alpha value is -2.19. The number of anilines is 1. The number of hydrogen-bond donors (Lipinski definition) is 1. The van der Waals surface area contributed by atoms with Crippen LogP contribution in [-0.2, 0) is 14.3 Å². The summed E-state index contributed by atoms with van der Waals surface area (Å²) in [7, 11) is 1.54. The van der Waals surface area contributed by atoms with Crippen molar-refractivity contribution in [2.24, 2.45) is 5.92 Å². The number of carbonyl (C=O) groups is 2. The van der Waals surface area contributed by atoms with Gasteiger partial charge in [-0.1, -0.05) is 11.6 Å². The summed E-state index contributed by atoms with van der Waals surface area (Å²) in [4.78, 5) is 35.8. The van der Waals surface area contributed by atoms with Crippen LogP contribution in [0.5, 0.6) is 0 Å². The van der Waals surface area contributed by atoms with Crippen LogP contribution in [0.3, 0.4) is 0 Å². The molecule has 1 fully saturated rings. The number of methoxy groups -OCH3 is 1. The summed E-state index contributed by atoms with van der Waals surface area (Å²) >= 11 is 5.72. The highest BCUT2D eigenvalue weighted by Gasteiger charge is 2.34. The average Bonchev–Trinajstić information content (AvgIpc) is 2.88. The van der Waals surface area contributed by atoms with Crippen LogP contribution in [0, 0.1) is 16.0 Å². The molecular formula is C14H16ClN3O5. The van der Waals surface area contributed by atoms with Crippen molar-refractivity contribution in [3.63, 3.8) is 0 Å². The highest BCUT2D eigenvalue weighted by Crippen LogP contribution is 2.28. The van der Waals surface area contributed by atoms with E-state index in [0.717, 1.165) is 0 Å². The first-order valence-corrected chi connectivity index (χ1v) is 7.31. The second kappa shape index (κ2) is 7.38. The lowest BCUT2D eigenvalue weighted by molar-refractivity contribution is -0.384. The van der Waals surface area contributed by atoms with E-state index in [9.17, 15) is 19.7 Å². The number of carbonyl (C=O) groups excluding carboxylic acids is 2. The molecule has 1 atom stereocenters. The van der Waals surface area contributed by atoms with Crippen molar-refractivity contribution >= 4 is 34.8 Å². The van der Waals surface area contributed by atoms with Gasteiger partial charge in [0.1, 0.15) is 5.02 Å². The standard InChI is InChI=1S/C14H16ClN3O5/c1-23-5-4-17-8-9(6-13(17)19)14(20)16-10-2-3-11(15)12(7-10)18(21)22/h2-3,7,9H,4-6,8H2,1H3,(H,16,20). The van der Waals surface area contributed by atoms with Crippen LogP contribution in [0.2, 0.25) is 5.02 Å². The van der Waals surface area contributed by atoms with E-state index in [1.54, 1.807) is 4.90 Å². The smallest absolute Gasteiger partial charge is 0.289 e. The normalized spacial score (nSPS) is 17.4. The molecule has 0 radical (unpaired) electrons. The Morgan fingerprint density at radius 2 is 2.30 bits per heavy atom. The second-order valence-corrected chi connectivity index (χ2v) is 5.55. The van der Waals surface area contributed by atoms with Gasteiger partial charge in [0, 0.05) is 38.4 Å². The number of amides is 2. The Balaban J connectivity index is 2.01. The van der Waals surface area contributed by atoms with Gasteiger partial charge in [-0.2, -0.15) is 0 Å². The van der Waals surface area contributed by atoms with Crippen LogP contribution in [0.4, 0.5) is 11.4 Å². The zero-order valence-corrected chi connectivity index (χ0v) is 13.2. The molecule has 1 N–H and O–H groups in total. The maximum atomic E-state index is 12.2. The molecule has 0 aromatic heterocycles. The molecule has 9 heteroatoms. The van der Waals surface area contributed by atoms with E-state index in [2.05, 4.69) is 5.32 Å². The molecule has 1 unspecified atom stereocenters. The third-order valence-corrected chi connectivity index (χ3v) is 3.88. The molecule has 0 spiro atoms. The fourth-order valence-electron chi connectivity index (χ4n) is 2.34. The molecule has 1 heterocycles. The number of ether oxygens (including phenoxy) is 1. The Morgan fingerprint density at radius 3 is 2.96 bits per heavy atom. The van der Waals surface area contributed by atoms with E-state index >= 15 is 0 Å². The van der Waals surface area contributed by atoms with E-state index in [0.29, 0.717) is 19.7 Å². The van der Waals surface area contributed by atoms with Crippen LogP contribution in [-0.4, -0.2) is 48.4 Å². The summed E-state index contributed by atoms with van der Waals surface area (Å²) in [6.07, 6.45) is 0.116. The number of nitrogens with zero attached hydrogens (tertiary/aromatic N) is 2. The largest absolute Gasteiger partial charge is 0.383 e. The minimum Gasteiger partial charge on any atom is -0.383 e. The Labute approximate surface area is 137 Å². The van der Waals surface area contributed by atoms with Gasteiger partial charge in [-0.05, 0) is 12.1 Å². The number of nitro groups is 1. The fraction of sp³-hybridized carbons (Fsp3) is 0.429. The first-order chi connectivity index (χ1) is 10.9. The maximum absolute atomic E-state index is 12.2. The van der Waals surface area contributed by atoms with Gasteiger partial charge in [-0.3, -0.25) is 19.7 Å². The van der Waals surface area contributed by atoms with Crippen molar-refractivity contribution in [3.8, 4) is 0 Å². The van der Waals surface area contributed by atoms with Crippen molar-refractivity contribution in [2.45, 2.75) is 6.42 Å². The highest BCUT2D eigenvalue weighted by atomic mass is 35.5. The molecule has 1 aromatic carbocycles. The molecular weight excluding hydrogens is 326 g/mol. The van der Waals surface area contributed by atoms with Crippen LogP contribution >= 0.6 is 11.6 Å². The van der Waals surface area contributed by atoms with Crippen LogP contribution < -0.4 is 5.32 Å². The number of halogens is 1. The molecule has 8 nitrogen and oxygen atoms in total. The Bertz CT molecular complexity index is 637. The molecule has 2 amide bonds. The number of likely N-dealkylation sites (tertiary alicyclic amines) is 1. The Morgan fingerprint density at radius 1 is 1.57 bits per heavy atom. The number of benzene rings is 1. The molecule has 1 aliphatic heterocycles. The fourth-order valence-corrected chi connectivity index (χ4v) is 2.53. The predicted octanol–water partition coefficient (Wildman–Crippen LogP) is 1.68. The van der Waals surface area contributed by atoms with Gasteiger partial charge in [0.2, 0.25) is 11.8 Å². The maximum Gasteiger partial charge on any atom is 0.289 e. The van der Waals surface area contributed by atoms with Crippen molar-refractivity contribution in [2.75, 3.05) is 32.1 Å². The van der Waals surface area contributed by atoms with Crippen molar-refractivity contribution in [3.05, 3.63) is 33.3 Å². The molecule has 1 aromatic rings. The van der Waals surface area contributed by atoms with Crippen molar-refractivity contribution in [1.29, 1.82) is 0 Å². The van der Waals surface area contributed by atoms with Gasteiger partial charge in [0.05, 0.1) is 17.4 Å². The lowest BCUT2D eigenvalue weighted by Gasteiger charge is -2.15. The molecule has 0 saturated carbocycles. The Kier molecular flexibility index (Phi) is 5.51. The van der Waals surface area contributed by atoms with E-state index < -0.39 is 10.8 Å². The van der Waals surface area contributed by atoms with Gasteiger partial charge >= 0.3 is 0 Å². The first-order valence-electron chi connectivity index (χ1n) is 6.94. The number of nitro benzene ring substituents is 1. The SMILES string of the molecule is COCCN1CC(C(=O)Nc2ccc(Cl)c([N+](=O)[O-])c2)CC1=O. The molecule has 23 heavy (non-hydrogen) atoms. The second-order valence-electron chi connectivity index (χ2n) is 5.15.